The Morgan fingerprint density at radius 3 is 2.20 bits per heavy atom. The Labute approximate surface area is 220 Å². The second kappa shape index (κ2) is 8.61. The number of H-pyrrole nitrogens is 2. The Balaban J connectivity index is 1.77. The van der Waals surface area contributed by atoms with Crippen molar-refractivity contribution >= 4 is 64.5 Å². The van der Waals surface area contributed by atoms with Crippen molar-refractivity contribution in [3.05, 3.63) is 92.5 Å². The van der Waals surface area contributed by atoms with E-state index in [-0.39, 0.29) is 0 Å². The molecule has 6 rings (SSSR count). The fourth-order valence-electron chi connectivity index (χ4n) is 5.16. The normalized spacial score (nSPS) is 13.2. The third kappa shape index (κ3) is 4.19. The summed E-state index contributed by atoms with van der Waals surface area (Å²) < 4.78 is 2.01. The van der Waals surface area contributed by atoms with E-state index in [9.17, 15) is 0 Å². The maximum absolute atomic E-state index is 5.09. The van der Waals surface area contributed by atoms with Crippen LogP contribution in [0.1, 0.15) is 39.5 Å². The molecule has 4 nitrogen and oxygen atoms in total. The van der Waals surface area contributed by atoms with Gasteiger partial charge in [-0.1, -0.05) is 17.7 Å². The van der Waals surface area contributed by atoms with E-state index in [2.05, 4.69) is 117 Å². The van der Waals surface area contributed by atoms with E-state index >= 15 is 0 Å². The van der Waals surface area contributed by atoms with Crippen LogP contribution in [0.3, 0.4) is 0 Å². The van der Waals surface area contributed by atoms with Crippen molar-refractivity contribution in [2.24, 2.45) is 0 Å². The van der Waals surface area contributed by atoms with Crippen LogP contribution in [0.2, 0.25) is 0 Å². The Hall–Kier alpha value is -2.96. The molecule has 0 atom stereocenters. The lowest BCUT2D eigenvalue weighted by atomic mass is 9.92. The van der Waals surface area contributed by atoms with Crippen molar-refractivity contribution in [2.75, 3.05) is 0 Å². The second-order valence-corrected chi connectivity index (χ2v) is 11.1. The summed E-state index contributed by atoms with van der Waals surface area (Å²) >= 11 is 7.49. The minimum atomic E-state index is 0.910. The van der Waals surface area contributed by atoms with Gasteiger partial charge in [0.25, 0.3) is 0 Å². The van der Waals surface area contributed by atoms with Gasteiger partial charge < -0.3 is 9.97 Å². The molecule has 0 spiro atoms. The predicted octanol–water partition coefficient (Wildman–Crippen LogP) is 8.35. The van der Waals surface area contributed by atoms with Crippen LogP contribution in [0.15, 0.2) is 53.0 Å². The predicted molar refractivity (Wildman–Crippen MR) is 153 cm³/mol. The van der Waals surface area contributed by atoms with Crippen LogP contribution < -0.4 is 0 Å². The quantitative estimate of drug-likeness (QED) is 0.235. The molecule has 2 aliphatic heterocycles. The first-order valence-corrected chi connectivity index (χ1v) is 13.3. The van der Waals surface area contributed by atoms with Crippen molar-refractivity contribution in [3.8, 4) is 11.1 Å². The van der Waals surface area contributed by atoms with Gasteiger partial charge in [-0.3, -0.25) is 4.98 Å². The third-order valence-electron chi connectivity index (χ3n) is 6.58. The van der Waals surface area contributed by atoms with Gasteiger partial charge in [-0.2, -0.15) is 0 Å². The number of hydrogen-bond acceptors (Lipinski definition) is 2. The molecular weight excluding hydrogens is 564 g/mol. The molecule has 0 saturated heterocycles. The van der Waals surface area contributed by atoms with E-state index in [0.29, 0.717) is 0 Å². The van der Waals surface area contributed by atoms with Crippen molar-refractivity contribution in [1.29, 1.82) is 0 Å². The van der Waals surface area contributed by atoms with Crippen molar-refractivity contribution in [2.45, 2.75) is 33.6 Å². The van der Waals surface area contributed by atoms with E-state index in [0.717, 1.165) is 72.2 Å². The van der Waals surface area contributed by atoms with Gasteiger partial charge >= 0.3 is 0 Å². The molecule has 0 amide bonds. The van der Waals surface area contributed by atoms with Crippen LogP contribution >= 0.6 is 31.9 Å². The molecule has 174 valence electrons. The number of aryl methyl sites for hydroxylation is 5. The number of fused-ring (bicyclic) bond motifs is 8. The number of hydrogen-bond donors (Lipinski definition) is 2. The lowest BCUT2D eigenvalue weighted by Crippen LogP contribution is -1.93. The first-order valence-electron chi connectivity index (χ1n) is 11.7. The molecule has 3 aromatic heterocycles. The molecule has 5 heterocycles. The number of aromatic nitrogens is 4. The van der Waals surface area contributed by atoms with Gasteiger partial charge in [0.15, 0.2) is 0 Å². The van der Waals surface area contributed by atoms with Gasteiger partial charge in [-0.15, -0.1) is 0 Å². The summed E-state index contributed by atoms with van der Waals surface area (Å²) in [6, 6.07) is 17.2. The number of nitrogens with zero attached hydrogens (tertiary/aromatic N) is 2. The van der Waals surface area contributed by atoms with Gasteiger partial charge in [0, 0.05) is 42.5 Å². The third-order valence-corrected chi connectivity index (χ3v) is 7.87. The SMILES string of the molecule is Cc1cc(C)c(-c2c3nc(cc4nc(cc5cc(Br)c(cc6ccc2[nH]6)[nH]5)CC4)C(Br)=C3)c(C)c1. The van der Waals surface area contributed by atoms with Gasteiger partial charge in [-0.25, -0.2) is 4.98 Å². The summed E-state index contributed by atoms with van der Waals surface area (Å²) in [4.78, 5) is 17.1. The summed E-state index contributed by atoms with van der Waals surface area (Å²) in [5, 5.41) is 0. The van der Waals surface area contributed by atoms with Crippen LogP contribution in [0.5, 0.6) is 0 Å². The summed E-state index contributed by atoms with van der Waals surface area (Å²) in [6.07, 6.45) is 3.96. The first kappa shape index (κ1) is 22.5. The fourth-order valence-corrected chi connectivity index (χ4v) is 6.04. The second-order valence-electron chi connectivity index (χ2n) is 9.36. The fraction of sp³-hybridized carbons (Fsp3) is 0.172. The smallest absolute Gasteiger partial charge is 0.0798 e. The molecule has 1 aromatic carbocycles. The van der Waals surface area contributed by atoms with Crippen molar-refractivity contribution < 1.29 is 0 Å². The van der Waals surface area contributed by atoms with Crippen molar-refractivity contribution in [3.63, 3.8) is 0 Å². The highest BCUT2D eigenvalue weighted by molar-refractivity contribution is 9.15. The Morgan fingerprint density at radius 1 is 0.714 bits per heavy atom. The highest BCUT2D eigenvalue weighted by Gasteiger charge is 2.18. The van der Waals surface area contributed by atoms with E-state index < -0.39 is 0 Å². The highest BCUT2D eigenvalue weighted by Crippen LogP contribution is 2.38. The average Bonchev–Trinajstić information content (AvgIpc) is 3.56. The molecule has 35 heavy (non-hydrogen) atoms. The zero-order valence-electron chi connectivity index (χ0n) is 19.8. The molecular formula is C29H24Br2N4. The van der Waals surface area contributed by atoms with Crippen molar-refractivity contribution in [1.82, 2.24) is 19.9 Å². The average molecular weight is 588 g/mol. The number of halogens is 2. The Bertz CT molecular complexity index is 1680. The van der Waals surface area contributed by atoms with Crippen LogP contribution in [0.4, 0.5) is 0 Å². The molecule has 2 N–H and O–H groups in total. The summed E-state index contributed by atoms with van der Waals surface area (Å²) in [6.45, 7) is 6.51. The van der Waals surface area contributed by atoms with Gasteiger partial charge in [0.1, 0.15) is 0 Å². The van der Waals surface area contributed by atoms with E-state index in [1.807, 2.05) is 0 Å². The lowest BCUT2D eigenvalue weighted by Gasteiger charge is -2.13. The van der Waals surface area contributed by atoms with Gasteiger partial charge in [-0.05, 0) is 125 Å². The lowest BCUT2D eigenvalue weighted by molar-refractivity contribution is 1.02. The molecule has 4 aromatic rings. The summed E-state index contributed by atoms with van der Waals surface area (Å²) in [5.41, 5.74) is 14.2. The molecule has 0 aliphatic carbocycles. The zero-order chi connectivity index (χ0) is 24.3. The Kier molecular flexibility index (Phi) is 5.53. The number of benzene rings is 1. The first-order chi connectivity index (χ1) is 16.8. The number of rotatable bonds is 1. The molecule has 2 aliphatic rings. The molecule has 0 fully saturated rings. The number of nitrogens with one attached hydrogen (secondary N) is 2. The zero-order valence-corrected chi connectivity index (χ0v) is 22.9. The number of aromatic amines is 2. The topological polar surface area (TPSA) is 57.4 Å². The van der Waals surface area contributed by atoms with Crippen LogP contribution in [-0.2, 0) is 12.8 Å². The minimum Gasteiger partial charge on any atom is -0.355 e. The minimum absolute atomic E-state index is 0.910. The maximum atomic E-state index is 5.09. The highest BCUT2D eigenvalue weighted by atomic mass is 79.9. The van der Waals surface area contributed by atoms with Gasteiger partial charge in [0.05, 0.1) is 16.9 Å². The van der Waals surface area contributed by atoms with Crippen LogP contribution in [0.25, 0.3) is 43.8 Å². The molecule has 0 saturated carbocycles. The monoisotopic (exact) mass is 586 g/mol. The molecule has 0 unspecified atom stereocenters. The largest absolute Gasteiger partial charge is 0.355 e. The van der Waals surface area contributed by atoms with Crippen LogP contribution in [0, 0.1) is 20.8 Å². The van der Waals surface area contributed by atoms with Crippen LogP contribution in [-0.4, -0.2) is 19.9 Å². The molecule has 8 bridgehead atoms. The Morgan fingerprint density at radius 2 is 1.43 bits per heavy atom. The molecule has 0 radical (unpaired) electrons. The summed E-state index contributed by atoms with van der Waals surface area (Å²) in [7, 11) is 0. The van der Waals surface area contributed by atoms with E-state index in [1.54, 1.807) is 0 Å². The summed E-state index contributed by atoms with van der Waals surface area (Å²) in [5.74, 6) is 0. The standard InChI is InChI=1S/C29H24Br2N4/c1-15-8-16(2)28(17(3)9-15)29-24-7-6-20(33-24)13-25-22(30)11-21(34-25)10-18-4-5-19(32-18)12-26-23(31)14-27(29)35-26/h6-14,33-34H,4-5H2,1-3H3. The van der Waals surface area contributed by atoms with E-state index in [4.69, 9.17) is 9.97 Å². The van der Waals surface area contributed by atoms with Gasteiger partial charge in [0.2, 0.25) is 0 Å². The maximum Gasteiger partial charge on any atom is 0.0798 e. The van der Waals surface area contributed by atoms with E-state index in [1.165, 1.54) is 22.3 Å². The molecule has 6 heteroatoms.